The van der Waals surface area contributed by atoms with Crippen LogP contribution in [0.25, 0.3) is 0 Å². The average Bonchev–Trinajstić information content (AvgIpc) is 3.53. The summed E-state index contributed by atoms with van der Waals surface area (Å²) < 4.78 is 7.75. The Hall–Kier alpha value is -3.66. The highest BCUT2D eigenvalue weighted by Crippen LogP contribution is 2.24. The van der Waals surface area contributed by atoms with Crippen molar-refractivity contribution in [3.63, 3.8) is 0 Å². The van der Waals surface area contributed by atoms with Crippen LogP contribution in [0.4, 0.5) is 10.6 Å². The second-order valence-corrected chi connectivity index (χ2v) is 10.3. The number of alkyl carbamates (subject to hydrolysis) is 1. The zero-order chi connectivity index (χ0) is 26.8. The number of ether oxygens (including phenoxy) is 1. The molecule has 4 N–H and O–H groups in total. The van der Waals surface area contributed by atoms with Crippen LogP contribution in [0.1, 0.15) is 58.2 Å². The van der Waals surface area contributed by atoms with E-state index in [0.717, 1.165) is 18.5 Å². The van der Waals surface area contributed by atoms with Gasteiger partial charge in [-0.3, -0.25) is 9.89 Å². The van der Waals surface area contributed by atoms with Crippen LogP contribution in [-0.4, -0.2) is 55.1 Å². The first-order valence-electron chi connectivity index (χ1n) is 12.7. The molecular weight excluding hydrogens is 472 g/mol. The van der Waals surface area contributed by atoms with E-state index >= 15 is 0 Å². The van der Waals surface area contributed by atoms with Gasteiger partial charge >= 0.3 is 6.09 Å². The summed E-state index contributed by atoms with van der Waals surface area (Å²) in [5, 5.41) is 22.3. The van der Waals surface area contributed by atoms with Crippen LogP contribution in [-0.2, 0) is 22.5 Å². The van der Waals surface area contributed by atoms with Crippen LogP contribution in [0.3, 0.4) is 0 Å². The lowest BCUT2D eigenvalue weighted by Crippen LogP contribution is -2.50. The van der Waals surface area contributed by atoms with Gasteiger partial charge < -0.3 is 25.0 Å². The molecule has 200 valence electrons. The predicted molar refractivity (Wildman–Crippen MR) is 141 cm³/mol. The van der Waals surface area contributed by atoms with E-state index in [1.165, 1.54) is 11.8 Å². The summed E-state index contributed by atoms with van der Waals surface area (Å²) in [4.78, 5) is 30.0. The molecular formula is C27H38N6O4. The molecule has 37 heavy (non-hydrogen) atoms. The number of nitrogens with zero attached hydrogens (tertiary/aromatic N) is 3. The van der Waals surface area contributed by atoms with E-state index < -0.39 is 30.3 Å². The van der Waals surface area contributed by atoms with Gasteiger partial charge in [-0.2, -0.15) is 5.10 Å². The Balaban J connectivity index is 1.63. The number of carbonyl (C=O) groups excluding carboxylic acids is 2. The van der Waals surface area contributed by atoms with Crippen molar-refractivity contribution in [2.75, 3.05) is 5.32 Å². The zero-order valence-corrected chi connectivity index (χ0v) is 22.0. The highest BCUT2D eigenvalue weighted by Gasteiger charge is 2.32. The molecule has 3 rings (SSSR count). The Kier molecular flexibility index (Phi) is 9.85. The fourth-order valence-electron chi connectivity index (χ4n) is 3.84. The van der Waals surface area contributed by atoms with Gasteiger partial charge in [0.25, 0.3) is 5.91 Å². The molecule has 2 heterocycles. The van der Waals surface area contributed by atoms with E-state index in [9.17, 15) is 14.7 Å². The van der Waals surface area contributed by atoms with Crippen molar-refractivity contribution in [1.29, 1.82) is 0 Å². The lowest BCUT2D eigenvalue weighted by atomic mass is 9.89. The molecule has 1 aromatic carbocycles. The number of anilines is 1. The van der Waals surface area contributed by atoms with Gasteiger partial charge in [0.05, 0.1) is 30.8 Å². The lowest BCUT2D eigenvalue weighted by molar-refractivity contribution is -0.125. The number of hydrogen-bond acceptors (Lipinski definition) is 6. The Labute approximate surface area is 217 Å². The highest BCUT2D eigenvalue weighted by molar-refractivity contribution is 5.94. The first-order chi connectivity index (χ1) is 17.7. The SMILES string of the molecule is CCCC[C@H](NC(=O)O[C@H](Cn1cnc(Cc2ccccc2)c1)C(C)(C)C)[C@H](O)C(=O)Nc1ccn[nH]1. The maximum absolute atomic E-state index is 12.9. The largest absolute Gasteiger partial charge is 0.444 e. The van der Waals surface area contributed by atoms with Gasteiger partial charge in [0.15, 0.2) is 6.10 Å². The molecule has 0 saturated heterocycles. The van der Waals surface area contributed by atoms with E-state index in [1.807, 2.05) is 56.7 Å². The number of nitrogens with one attached hydrogen (secondary N) is 3. The summed E-state index contributed by atoms with van der Waals surface area (Å²) in [5.74, 6) is -0.275. The second-order valence-electron chi connectivity index (χ2n) is 10.3. The Morgan fingerprint density at radius 2 is 1.95 bits per heavy atom. The molecule has 0 saturated carbocycles. The number of aromatic amines is 1. The van der Waals surface area contributed by atoms with Gasteiger partial charge in [-0.1, -0.05) is 70.9 Å². The van der Waals surface area contributed by atoms with E-state index in [2.05, 4.69) is 37.9 Å². The number of carbonyl (C=O) groups is 2. The number of aromatic nitrogens is 4. The minimum Gasteiger partial charge on any atom is -0.444 e. The van der Waals surface area contributed by atoms with Gasteiger partial charge in [-0.15, -0.1) is 0 Å². The number of aliphatic hydroxyl groups is 1. The van der Waals surface area contributed by atoms with Crippen molar-refractivity contribution in [3.8, 4) is 0 Å². The summed E-state index contributed by atoms with van der Waals surface area (Å²) in [6, 6.07) is 10.9. The first kappa shape index (κ1) is 27.9. The molecule has 0 bridgehead atoms. The molecule has 0 unspecified atom stereocenters. The first-order valence-corrected chi connectivity index (χ1v) is 12.7. The third-order valence-electron chi connectivity index (χ3n) is 6.09. The molecule has 0 spiro atoms. The molecule has 0 aliphatic heterocycles. The third kappa shape index (κ3) is 8.75. The number of hydrogen-bond donors (Lipinski definition) is 4. The molecule has 0 fully saturated rings. The molecule has 0 aliphatic rings. The number of H-pyrrole nitrogens is 1. The fourth-order valence-corrected chi connectivity index (χ4v) is 3.84. The Bertz CT molecular complexity index is 1110. The summed E-state index contributed by atoms with van der Waals surface area (Å²) in [6.07, 6.45) is 5.29. The summed E-state index contributed by atoms with van der Waals surface area (Å²) in [5.41, 5.74) is 1.73. The van der Waals surface area contributed by atoms with Crippen molar-refractivity contribution in [2.45, 2.75) is 78.2 Å². The molecule has 0 radical (unpaired) electrons. The molecule has 2 aromatic heterocycles. The number of rotatable bonds is 12. The minimum absolute atomic E-state index is 0.362. The van der Waals surface area contributed by atoms with Crippen LogP contribution in [0, 0.1) is 5.41 Å². The van der Waals surface area contributed by atoms with Crippen molar-refractivity contribution >= 4 is 17.8 Å². The van der Waals surface area contributed by atoms with Crippen LogP contribution in [0.5, 0.6) is 0 Å². The van der Waals surface area contributed by atoms with Gasteiger partial charge in [-0.05, 0) is 12.0 Å². The van der Waals surface area contributed by atoms with Gasteiger partial charge in [-0.25, -0.2) is 9.78 Å². The predicted octanol–water partition coefficient (Wildman–Crippen LogP) is 3.90. The summed E-state index contributed by atoms with van der Waals surface area (Å²) in [7, 11) is 0. The maximum Gasteiger partial charge on any atom is 0.407 e. The van der Waals surface area contributed by atoms with Crippen molar-refractivity contribution in [3.05, 3.63) is 66.4 Å². The van der Waals surface area contributed by atoms with Gasteiger partial charge in [0.2, 0.25) is 0 Å². The van der Waals surface area contributed by atoms with Crippen molar-refractivity contribution in [2.24, 2.45) is 5.41 Å². The molecule has 10 nitrogen and oxygen atoms in total. The van der Waals surface area contributed by atoms with Crippen LogP contribution >= 0.6 is 0 Å². The third-order valence-corrected chi connectivity index (χ3v) is 6.09. The Morgan fingerprint density at radius 3 is 2.59 bits per heavy atom. The average molecular weight is 511 g/mol. The summed E-state index contributed by atoms with van der Waals surface area (Å²) >= 11 is 0. The zero-order valence-electron chi connectivity index (χ0n) is 22.0. The number of amides is 2. The smallest absolute Gasteiger partial charge is 0.407 e. The normalized spacial score (nSPS) is 14.0. The second kappa shape index (κ2) is 13.0. The molecule has 0 aliphatic carbocycles. The van der Waals surface area contributed by atoms with Crippen LogP contribution < -0.4 is 10.6 Å². The van der Waals surface area contributed by atoms with Crippen molar-refractivity contribution in [1.82, 2.24) is 25.1 Å². The lowest BCUT2D eigenvalue weighted by Gasteiger charge is -2.31. The minimum atomic E-state index is -1.45. The van der Waals surface area contributed by atoms with Crippen LogP contribution in [0.15, 0.2) is 55.1 Å². The fraction of sp³-hybridized carbons (Fsp3) is 0.481. The van der Waals surface area contributed by atoms with Gasteiger partial charge in [0.1, 0.15) is 11.9 Å². The van der Waals surface area contributed by atoms with Gasteiger partial charge in [0, 0.05) is 24.1 Å². The molecule has 2 amide bonds. The standard InChI is InChI=1S/C27H38N6O4/c1-5-6-12-21(24(34)25(35)31-23-13-14-29-32-23)30-26(36)37-22(27(2,3)4)17-33-16-20(28-18-33)15-19-10-8-7-9-11-19/h7-11,13-14,16,18,21-22,24,34H,5-6,12,15,17H2,1-4H3,(H,30,36)(H2,29,31,32,35)/t21-,22+,24-/m0/s1. The topological polar surface area (TPSA) is 134 Å². The monoisotopic (exact) mass is 510 g/mol. The molecule has 3 aromatic rings. The number of imidazole rings is 1. The van der Waals surface area contributed by atoms with E-state index in [-0.39, 0.29) is 5.41 Å². The van der Waals surface area contributed by atoms with Crippen molar-refractivity contribution < 1.29 is 19.4 Å². The van der Waals surface area contributed by atoms with E-state index in [0.29, 0.717) is 25.2 Å². The van der Waals surface area contributed by atoms with Crippen LogP contribution in [0.2, 0.25) is 0 Å². The number of aliphatic hydroxyl groups excluding tert-OH is 1. The summed E-state index contributed by atoms with van der Waals surface area (Å²) in [6.45, 7) is 8.40. The van der Waals surface area contributed by atoms with E-state index in [1.54, 1.807) is 12.4 Å². The Morgan fingerprint density at radius 1 is 1.19 bits per heavy atom. The highest BCUT2D eigenvalue weighted by atomic mass is 16.6. The van der Waals surface area contributed by atoms with E-state index in [4.69, 9.17) is 4.74 Å². The quantitative estimate of drug-likeness (QED) is 0.292. The number of benzene rings is 1. The number of unbranched alkanes of at least 4 members (excludes halogenated alkanes) is 1. The maximum atomic E-state index is 12.9. The molecule has 3 atom stereocenters. The molecule has 10 heteroatoms.